The highest BCUT2D eigenvalue weighted by atomic mass is 16.7. The standard InChI is InChI=1S/C19H29N3O2/c1-3-22(4-2)18(20)21-13-19(10-6-5-7-11-19)15-8-9-16-17(12-15)24-14-23-16/h8-9,12H,3-7,10-11,13-14H2,1-2H3,(H2,20,21). The number of aliphatic imine (C=N–C) groups is 1. The van der Waals surface area contributed by atoms with E-state index in [2.05, 4.69) is 30.9 Å². The van der Waals surface area contributed by atoms with Gasteiger partial charge in [0.1, 0.15) is 0 Å². The van der Waals surface area contributed by atoms with Crippen LogP contribution in [0.2, 0.25) is 0 Å². The molecule has 1 aliphatic carbocycles. The molecule has 5 heteroatoms. The van der Waals surface area contributed by atoms with Crippen molar-refractivity contribution in [2.75, 3.05) is 26.4 Å². The SMILES string of the molecule is CCN(CC)C(N)=NCC1(c2ccc3c(c2)OCO3)CCCCC1. The number of nitrogens with two attached hydrogens (primary N) is 1. The number of fused-ring (bicyclic) bond motifs is 1. The third-order valence-corrected chi connectivity index (χ3v) is 5.43. The maximum atomic E-state index is 6.21. The fraction of sp³-hybridized carbons (Fsp3) is 0.632. The Balaban J connectivity index is 1.86. The molecule has 1 heterocycles. The molecule has 2 aliphatic rings. The molecule has 1 aromatic rings. The average molecular weight is 331 g/mol. The smallest absolute Gasteiger partial charge is 0.231 e. The summed E-state index contributed by atoms with van der Waals surface area (Å²) in [6, 6.07) is 6.37. The lowest BCUT2D eigenvalue weighted by Crippen LogP contribution is -2.39. The average Bonchev–Trinajstić information content (AvgIpc) is 3.09. The Morgan fingerprint density at radius 1 is 1.12 bits per heavy atom. The van der Waals surface area contributed by atoms with Crippen molar-refractivity contribution in [3.8, 4) is 11.5 Å². The molecule has 132 valence electrons. The van der Waals surface area contributed by atoms with Crippen LogP contribution >= 0.6 is 0 Å². The third-order valence-electron chi connectivity index (χ3n) is 5.43. The Bertz CT molecular complexity index is 590. The van der Waals surface area contributed by atoms with E-state index in [1.54, 1.807) is 0 Å². The monoisotopic (exact) mass is 331 g/mol. The highest BCUT2D eigenvalue weighted by Crippen LogP contribution is 2.43. The number of ether oxygens (including phenoxy) is 2. The van der Waals surface area contributed by atoms with E-state index >= 15 is 0 Å². The summed E-state index contributed by atoms with van der Waals surface area (Å²) in [7, 11) is 0. The molecule has 0 saturated heterocycles. The summed E-state index contributed by atoms with van der Waals surface area (Å²) in [6.07, 6.45) is 6.11. The Morgan fingerprint density at radius 3 is 2.54 bits per heavy atom. The van der Waals surface area contributed by atoms with Crippen molar-refractivity contribution in [2.45, 2.75) is 51.4 Å². The fourth-order valence-electron chi connectivity index (χ4n) is 3.87. The summed E-state index contributed by atoms with van der Waals surface area (Å²) in [5.74, 6) is 2.36. The van der Waals surface area contributed by atoms with Crippen molar-refractivity contribution < 1.29 is 9.47 Å². The van der Waals surface area contributed by atoms with E-state index in [1.807, 2.05) is 6.07 Å². The molecular formula is C19H29N3O2. The van der Waals surface area contributed by atoms with Crippen LogP contribution in [-0.2, 0) is 5.41 Å². The molecule has 3 rings (SSSR count). The highest BCUT2D eigenvalue weighted by molar-refractivity contribution is 5.78. The van der Waals surface area contributed by atoms with Crippen molar-refractivity contribution in [3.05, 3.63) is 23.8 Å². The predicted molar refractivity (Wildman–Crippen MR) is 96.7 cm³/mol. The van der Waals surface area contributed by atoms with Gasteiger partial charge in [0.15, 0.2) is 17.5 Å². The van der Waals surface area contributed by atoms with Gasteiger partial charge in [0.2, 0.25) is 6.79 Å². The first-order valence-corrected chi connectivity index (χ1v) is 9.13. The van der Waals surface area contributed by atoms with Crippen molar-refractivity contribution >= 4 is 5.96 Å². The predicted octanol–water partition coefficient (Wildman–Crippen LogP) is 3.27. The number of hydrogen-bond acceptors (Lipinski definition) is 3. The summed E-state index contributed by atoms with van der Waals surface area (Å²) in [4.78, 5) is 6.89. The molecule has 0 amide bonds. The minimum Gasteiger partial charge on any atom is -0.454 e. The van der Waals surface area contributed by atoms with Gasteiger partial charge in [-0.1, -0.05) is 25.3 Å². The highest BCUT2D eigenvalue weighted by Gasteiger charge is 2.35. The Labute approximate surface area is 144 Å². The van der Waals surface area contributed by atoms with Gasteiger partial charge in [-0.15, -0.1) is 0 Å². The molecule has 0 aromatic heterocycles. The zero-order valence-corrected chi connectivity index (χ0v) is 14.9. The van der Waals surface area contributed by atoms with E-state index in [0.717, 1.165) is 44.0 Å². The Kier molecular flexibility index (Phi) is 5.17. The largest absolute Gasteiger partial charge is 0.454 e. The van der Waals surface area contributed by atoms with Crippen LogP contribution in [0.5, 0.6) is 11.5 Å². The van der Waals surface area contributed by atoms with Gasteiger partial charge in [0, 0.05) is 18.5 Å². The van der Waals surface area contributed by atoms with Crippen LogP contribution in [0.25, 0.3) is 0 Å². The first-order chi connectivity index (χ1) is 11.7. The molecule has 0 radical (unpaired) electrons. The van der Waals surface area contributed by atoms with Gasteiger partial charge < -0.3 is 20.1 Å². The van der Waals surface area contributed by atoms with Crippen LogP contribution in [-0.4, -0.2) is 37.3 Å². The molecular weight excluding hydrogens is 302 g/mol. The van der Waals surface area contributed by atoms with Gasteiger partial charge >= 0.3 is 0 Å². The minimum absolute atomic E-state index is 0.0665. The zero-order chi connectivity index (χ0) is 17.0. The molecule has 0 unspecified atom stereocenters. The van der Waals surface area contributed by atoms with E-state index in [1.165, 1.54) is 24.8 Å². The summed E-state index contributed by atoms with van der Waals surface area (Å²) in [5, 5.41) is 0. The molecule has 24 heavy (non-hydrogen) atoms. The number of hydrogen-bond donors (Lipinski definition) is 1. The van der Waals surface area contributed by atoms with E-state index in [0.29, 0.717) is 12.8 Å². The van der Waals surface area contributed by atoms with Crippen LogP contribution in [0.3, 0.4) is 0 Å². The zero-order valence-electron chi connectivity index (χ0n) is 14.9. The van der Waals surface area contributed by atoms with Gasteiger partial charge in [-0.2, -0.15) is 0 Å². The van der Waals surface area contributed by atoms with Crippen molar-refractivity contribution in [1.82, 2.24) is 4.90 Å². The molecule has 0 spiro atoms. The van der Waals surface area contributed by atoms with Crippen LogP contribution in [0, 0.1) is 0 Å². The molecule has 2 N–H and O–H groups in total. The Hall–Kier alpha value is -1.91. The van der Waals surface area contributed by atoms with Crippen molar-refractivity contribution in [1.29, 1.82) is 0 Å². The molecule has 0 bridgehead atoms. The summed E-state index contributed by atoms with van der Waals surface area (Å²) in [6.45, 7) is 7.07. The number of benzene rings is 1. The van der Waals surface area contributed by atoms with Crippen LogP contribution in [0.4, 0.5) is 0 Å². The van der Waals surface area contributed by atoms with Gasteiger partial charge in [0.25, 0.3) is 0 Å². The summed E-state index contributed by atoms with van der Waals surface area (Å²) < 4.78 is 11.0. The molecule has 5 nitrogen and oxygen atoms in total. The van der Waals surface area contributed by atoms with Gasteiger partial charge in [-0.25, -0.2) is 0 Å². The molecule has 1 aliphatic heterocycles. The summed E-state index contributed by atoms with van der Waals surface area (Å²) >= 11 is 0. The van der Waals surface area contributed by atoms with Crippen LogP contribution in [0.15, 0.2) is 23.2 Å². The fourth-order valence-corrected chi connectivity index (χ4v) is 3.87. The molecule has 0 atom stereocenters. The molecule has 1 fully saturated rings. The normalized spacial score (nSPS) is 19.3. The maximum absolute atomic E-state index is 6.21. The second-order valence-electron chi connectivity index (χ2n) is 6.76. The summed E-state index contributed by atoms with van der Waals surface area (Å²) in [5.41, 5.74) is 7.59. The van der Waals surface area contributed by atoms with Gasteiger partial charge in [0.05, 0.1) is 6.54 Å². The lowest BCUT2D eigenvalue weighted by molar-refractivity contribution is 0.174. The van der Waals surface area contributed by atoms with E-state index in [4.69, 9.17) is 20.2 Å². The third kappa shape index (κ3) is 3.30. The van der Waals surface area contributed by atoms with E-state index in [-0.39, 0.29) is 5.41 Å². The number of rotatable bonds is 5. The quantitative estimate of drug-likeness (QED) is 0.664. The number of nitrogens with zero attached hydrogens (tertiary/aromatic N) is 2. The minimum atomic E-state index is 0.0665. The maximum Gasteiger partial charge on any atom is 0.231 e. The van der Waals surface area contributed by atoms with E-state index < -0.39 is 0 Å². The lowest BCUT2D eigenvalue weighted by Gasteiger charge is -2.37. The van der Waals surface area contributed by atoms with Crippen molar-refractivity contribution in [2.24, 2.45) is 10.7 Å². The first-order valence-electron chi connectivity index (χ1n) is 9.13. The second kappa shape index (κ2) is 7.32. The molecule has 1 aromatic carbocycles. The number of guanidine groups is 1. The van der Waals surface area contributed by atoms with Crippen LogP contribution in [0.1, 0.15) is 51.5 Å². The van der Waals surface area contributed by atoms with E-state index in [9.17, 15) is 0 Å². The lowest BCUT2D eigenvalue weighted by atomic mass is 9.69. The van der Waals surface area contributed by atoms with Crippen molar-refractivity contribution in [3.63, 3.8) is 0 Å². The topological polar surface area (TPSA) is 60.1 Å². The molecule has 1 saturated carbocycles. The van der Waals surface area contributed by atoms with Gasteiger partial charge in [-0.3, -0.25) is 4.99 Å². The van der Waals surface area contributed by atoms with Crippen LogP contribution < -0.4 is 15.2 Å². The van der Waals surface area contributed by atoms with Gasteiger partial charge in [-0.05, 0) is 44.4 Å². The first kappa shape index (κ1) is 16.9. The Morgan fingerprint density at radius 2 is 1.83 bits per heavy atom. The second-order valence-corrected chi connectivity index (χ2v) is 6.76.